The van der Waals surface area contributed by atoms with Crippen LogP contribution < -0.4 is 0 Å². The molecular weight excluding hydrogens is 352 g/mol. The minimum absolute atomic E-state index is 0.169. The Balaban J connectivity index is 1.06. The monoisotopic (exact) mass is 382 g/mol. The van der Waals surface area contributed by atoms with Gasteiger partial charge in [0.05, 0.1) is 48.5 Å². The zero-order valence-electron chi connectivity index (χ0n) is 16.2. The van der Waals surface area contributed by atoms with E-state index < -0.39 is 10.8 Å². The normalized spacial score (nSPS) is 41.9. The molecule has 0 amide bonds. The van der Waals surface area contributed by atoms with Crippen LogP contribution in [0.15, 0.2) is 0 Å². The maximum Gasteiger partial charge on any atom is 0.311 e. The van der Waals surface area contributed by atoms with Crippen molar-refractivity contribution in [2.75, 3.05) is 26.4 Å². The summed E-state index contributed by atoms with van der Waals surface area (Å²) in [4.78, 5) is 24.6. The molecule has 152 valence electrons. The van der Waals surface area contributed by atoms with Gasteiger partial charge < -0.3 is 23.7 Å². The number of ether oxygens (including phenoxy) is 5. The van der Waals surface area contributed by atoms with Gasteiger partial charge >= 0.3 is 11.9 Å². The highest BCUT2D eigenvalue weighted by molar-refractivity contribution is 5.77. The Morgan fingerprint density at radius 3 is 1.63 bits per heavy atom. The third-order valence-electron chi connectivity index (χ3n) is 6.55. The van der Waals surface area contributed by atoms with Crippen molar-refractivity contribution in [1.82, 2.24) is 0 Å². The molecule has 6 unspecified atom stereocenters. The van der Waals surface area contributed by atoms with Gasteiger partial charge in [-0.15, -0.1) is 0 Å². The number of carbonyl (C=O) groups is 2. The van der Waals surface area contributed by atoms with E-state index in [4.69, 9.17) is 23.7 Å². The van der Waals surface area contributed by atoms with Crippen LogP contribution in [0.25, 0.3) is 0 Å². The Morgan fingerprint density at radius 1 is 0.778 bits per heavy atom. The summed E-state index contributed by atoms with van der Waals surface area (Å²) in [5.41, 5.74) is -0.875. The molecule has 0 aromatic carbocycles. The van der Waals surface area contributed by atoms with Crippen molar-refractivity contribution in [2.45, 2.75) is 76.8 Å². The van der Waals surface area contributed by atoms with Crippen LogP contribution >= 0.6 is 0 Å². The van der Waals surface area contributed by atoms with Crippen LogP contribution in [-0.2, 0) is 33.3 Å². The molecule has 0 spiro atoms. The first-order valence-electron chi connectivity index (χ1n) is 10.1. The highest BCUT2D eigenvalue weighted by Crippen LogP contribution is 2.47. The van der Waals surface area contributed by atoms with Crippen LogP contribution in [-0.4, -0.2) is 62.8 Å². The summed E-state index contributed by atoms with van der Waals surface area (Å²) in [6.45, 7) is 4.95. The Morgan fingerprint density at radius 2 is 1.22 bits per heavy atom. The Hall–Kier alpha value is -1.18. The van der Waals surface area contributed by atoms with Crippen molar-refractivity contribution < 1.29 is 33.3 Å². The fourth-order valence-corrected chi connectivity index (χ4v) is 4.45. The van der Waals surface area contributed by atoms with Crippen molar-refractivity contribution in [3.05, 3.63) is 0 Å². The smallest absolute Gasteiger partial charge is 0.311 e. The predicted molar refractivity (Wildman–Crippen MR) is 94.0 cm³/mol. The van der Waals surface area contributed by atoms with Gasteiger partial charge in [0.15, 0.2) is 0 Å². The molecule has 4 fully saturated rings. The average Bonchev–Trinajstić information content (AvgIpc) is 3.54. The molecule has 7 heteroatoms. The zero-order valence-corrected chi connectivity index (χ0v) is 16.2. The number of epoxide rings is 2. The summed E-state index contributed by atoms with van der Waals surface area (Å²) in [5, 5.41) is 0. The topological polar surface area (TPSA) is 86.9 Å². The van der Waals surface area contributed by atoms with Gasteiger partial charge in [0.1, 0.15) is 13.2 Å². The van der Waals surface area contributed by atoms with E-state index in [1.165, 1.54) is 0 Å². The maximum atomic E-state index is 12.3. The minimum Gasteiger partial charge on any atom is -0.463 e. The second-order valence-electron chi connectivity index (χ2n) is 8.92. The molecule has 0 aromatic rings. The molecule has 2 saturated carbocycles. The van der Waals surface area contributed by atoms with Crippen LogP contribution in [0.1, 0.15) is 52.4 Å². The summed E-state index contributed by atoms with van der Waals surface area (Å²) in [7, 11) is 0. The molecule has 0 N–H and O–H groups in total. The minimum atomic E-state index is -0.438. The third kappa shape index (κ3) is 4.30. The van der Waals surface area contributed by atoms with Crippen molar-refractivity contribution >= 4 is 11.9 Å². The zero-order chi connectivity index (χ0) is 19.1. The molecule has 2 aliphatic heterocycles. The van der Waals surface area contributed by atoms with E-state index in [-0.39, 0.29) is 37.4 Å². The van der Waals surface area contributed by atoms with Crippen LogP contribution in [0, 0.1) is 10.8 Å². The molecule has 27 heavy (non-hydrogen) atoms. The third-order valence-corrected chi connectivity index (χ3v) is 6.55. The molecular formula is C20H30O7. The molecule has 7 nitrogen and oxygen atoms in total. The van der Waals surface area contributed by atoms with E-state index in [2.05, 4.69) is 0 Å². The van der Waals surface area contributed by atoms with Crippen LogP contribution in [0.5, 0.6) is 0 Å². The Bertz CT molecular complexity index is 543. The summed E-state index contributed by atoms with van der Waals surface area (Å²) >= 11 is 0. The van der Waals surface area contributed by atoms with Gasteiger partial charge in [-0.3, -0.25) is 9.59 Å². The van der Waals surface area contributed by atoms with E-state index in [0.29, 0.717) is 25.4 Å². The molecule has 2 heterocycles. The van der Waals surface area contributed by atoms with E-state index in [1.54, 1.807) is 0 Å². The summed E-state index contributed by atoms with van der Waals surface area (Å²) < 4.78 is 27.1. The SMILES string of the molecule is CC1(C(=O)OCCOCCOC(=O)C2(C)CCC3OC3C2)CCC2OC2C1. The first-order valence-corrected chi connectivity index (χ1v) is 10.1. The van der Waals surface area contributed by atoms with Gasteiger partial charge in [0, 0.05) is 0 Å². The summed E-state index contributed by atoms with van der Waals surface area (Å²) in [6, 6.07) is 0. The van der Waals surface area contributed by atoms with E-state index in [9.17, 15) is 9.59 Å². The lowest BCUT2D eigenvalue weighted by Gasteiger charge is -2.29. The lowest BCUT2D eigenvalue weighted by molar-refractivity contribution is -0.159. The quantitative estimate of drug-likeness (QED) is 0.360. The lowest BCUT2D eigenvalue weighted by Crippen LogP contribution is -2.35. The molecule has 2 aliphatic carbocycles. The van der Waals surface area contributed by atoms with Gasteiger partial charge in [-0.05, 0) is 52.4 Å². The van der Waals surface area contributed by atoms with Gasteiger partial charge in [-0.2, -0.15) is 0 Å². The fraction of sp³-hybridized carbons (Fsp3) is 0.900. The van der Waals surface area contributed by atoms with E-state index in [1.807, 2.05) is 13.8 Å². The fourth-order valence-electron chi connectivity index (χ4n) is 4.45. The van der Waals surface area contributed by atoms with Crippen LogP contribution in [0.3, 0.4) is 0 Å². The van der Waals surface area contributed by atoms with Gasteiger partial charge in [0.25, 0.3) is 0 Å². The Kier molecular flexibility index (Phi) is 5.20. The standard InChI is InChI=1S/C20H30O7/c1-19(5-3-13-15(11-19)26-13)17(21)24-9-7-23-8-10-25-18(22)20(2)6-4-14-16(12-20)27-14/h13-16H,3-12H2,1-2H3. The number of hydrogen-bond acceptors (Lipinski definition) is 7. The summed E-state index contributed by atoms with van der Waals surface area (Å²) in [5.74, 6) is -0.338. The highest BCUT2D eigenvalue weighted by atomic mass is 16.6. The molecule has 0 radical (unpaired) electrons. The number of fused-ring (bicyclic) bond motifs is 2. The van der Waals surface area contributed by atoms with E-state index >= 15 is 0 Å². The number of esters is 2. The largest absolute Gasteiger partial charge is 0.463 e. The van der Waals surface area contributed by atoms with Crippen molar-refractivity contribution in [3.8, 4) is 0 Å². The molecule has 4 rings (SSSR count). The van der Waals surface area contributed by atoms with Crippen molar-refractivity contribution in [3.63, 3.8) is 0 Å². The van der Waals surface area contributed by atoms with Crippen LogP contribution in [0.4, 0.5) is 0 Å². The maximum absolute atomic E-state index is 12.3. The second kappa shape index (κ2) is 7.33. The van der Waals surface area contributed by atoms with Gasteiger partial charge in [-0.1, -0.05) is 0 Å². The summed E-state index contributed by atoms with van der Waals surface area (Å²) in [6.07, 6.45) is 6.21. The van der Waals surface area contributed by atoms with Gasteiger partial charge in [0.2, 0.25) is 0 Å². The first kappa shape index (κ1) is 19.2. The predicted octanol–water partition coefficient (Wildman–Crippen LogP) is 2.00. The molecule has 0 aromatic heterocycles. The number of rotatable bonds is 8. The Labute approximate surface area is 160 Å². The first-order chi connectivity index (χ1) is 12.9. The second-order valence-corrected chi connectivity index (χ2v) is 8.92. The van der Waals surface area contributed by atoms with Gasteiger partial charge in [-0.25, -0.2) is 0 Å². The van der Waals surface area contributed by atoms with Crippen molar-refractivity contribution in [1.29, 1.82) is 0 Å². The average molecular weight is 382 g/mol. The lowest BCUT2D eigenvalue weighted by atomic mass is 9.76. The highest BCUT2D eigenvalue weighted by Gasteiger charge is 2.53. The number of carbonyl (C=O) groups excluding carboxylic acids is 2. The molecule has 2 saturated heterocycles. The van der Waals surface area contributed by atoms with Crippen LogP contribution in [0.2, 0.25) is 0 Å². The van der Waals surface area contributed by atoms with Crippen molar-refractivity contribution in [2.24, 2.45) is 10.8 Å². The molecule has 4 aliphatic rings. The number of hydrogen-bond donors (Lipinski definition) is 0. The van der Waals surface area contributed by atoms with E-state index in [0.717, 1.165) is 38.5 Å². The molecule has 0 bridgehead atoms. The molecule has 6 atom stereocenters.